The van der Waals surface area contributed by atoms with Crippen LogP contribution in [0.2, 0.25) is 0 Å². The Bertz CT molecular complexity index is 1120. The second-order valence-corrected chi connectivity index (χ2v) is 9.58. The maximum Gasteiger partial charge on any atom is 0.252 e. The molecule has 0 aliphatic carbocycles. The number of aromatic nitrogens is 5. The van der Waals surface area contributed by atoms with Gasteiger partial charge in [0.1, 0.15) is 0 Å². The Morgan fingerprint density at radius 1 is 1.26 bits per heavy atom. The minimum absolute atomic E-state index is 0.0473. The number of fused-ring (bicyclic) bond motifs is 1. The molecule has 31 heavy (non-hydrogen) atoms. The van der Waals surface area contributed by atoms with Gasteiger partial charge in [-0.15, -0.1) is 5.10 Å². The molecule has 0 amide bonds. The fourth-order valence-corrected chi connectivity index (χ4v) is 4.22. The van der Waals surface area contributed by atoms with Crippen LogP contribution in [0.15, 0.2) is 23.0 Å². The number of nitrogens with zero attached hydrogens (tertiary/aromatic N) is 5. The second-order valence-electron chi connectivity index (χ2n) is 9.58. The quantitative estimate of drug-likeness (QED) is 0.654. The average Bonchev–Trinajstić information content (AvgIpc) is 3.38. The van der Waals surface area contributed by atoms with Gasteiger partial charge < -0.3 is 9.72 Å². The molecule has 0 saturated carbocycles. The zero-order valence-electron chi connectivity index (χ0n) is 19.1. The number of tetrazole rings is 1. The largest absolute Gasteiger partial charge is 0.377 e. The van der Waals surface area contributed by atoms with Gasteiger partial charge in [0.15, 0.2) is 5.82 Å². The number of nitrogens with one attached hydrogen (secondary N) is 1. The van der Waals surface area contributed by atoms with Gasteiger partial charge in [-0.1, -0.05) is 12.1 Å². The van der Waals surface area contributed by atoms with E-state index in [1.807, 2.05) is 17.7 Å². The third-order valence-electron chi connectivity index (χ3n) is 6.04. The van der Waals surface area contributed by atoms with Crippen LogP contribution >= 0.6 is 0 Å². The third-order valence-corrected chi connectivity index (χ3v) is 6.04. The van der Waals surface area contributed by atoms with Crippen LogP contribution < -0.4 is 5.56 Å². The van der Waals surface area contributed by atoms with E-state index in [1.54, 1.807) is 0 Å². The Hall–Kier alpha value is -2.58. The number of hydrogen-bond donors (Lipinski definition) is 1. The summed E-state index contributed by atoms with van der Waals surface area (Å²) < 4.78 is 7.73. The maximum absolute atomic E-state index is 12.9. The van der Waals surface area contributed by atoms with Crippen molar-refractivity contribution in [3.63, 3.8) is 0 Å². The van der Waals surface area contributed by atoms with Crippen LogP contribution in [0.5, 0.6) is 0 Å². The second kappa shape index (κ2) is 8.51. The topological polar surface area (TPSA) is 88.9 Å². The number of pyridine rings is 1. The van der Waals surface area contributed by atoms with Crippen molar-refractivity contribution in [1.29, 1.82) is 0 Å². The van der Waals surface area contributed by atoms with Crippen LogP contribution in [0.25, 0.3) is 10.9 Å². The minimum atomic E-state index is -0.218. The SMILES string of the molecule is Cc1ccc2cc(CN(Cc3nnnn3C(C)(C)C)C[C@@H]3CCCO3)c(=O)[nH]c2c1C. The Morgan fingerprint density at radius 2 is 2.06 bits per heavy atom. The Labute approximate surface area is 182 Å². The number of aryl methyl sites for hydroxylation is 2. The summed E-state index contributed by atoms with van der Waals surface area (Å²) in [5.41, 5.74) is 3.67. The van der Waals surface area contributed by atoms with Crippen molar-refractivity contribution in [2.24, 2.45) is 0 Å². The van der Waals surface area contributed by atoms with Gasteiger partial charge in [0.25, 0.3) is 5.56 Å². The Kier molecular flexibility index (Phi) is 5.94. The van der Waals surface area contributed by atoms with E-state index in [2.05, 4.69) is 65.2 Å². The highest BCUT2D eigenvalue weighted by Gasteiger charge is 2.25. The molecule has 1 saturated heterocycles. The predicted octanol–water partition coefficient (Wildman–Crippen LogP) is 3.07. The summed E-state index contributed by atoms with van der Waals surface area (Å²) in [4.78, 5) is 18.3. The van der Waals surface area contributed by atoms with Gasteiger partial charge in [-0.2, -0.15) is 0 Å². The number of ether oxygens (including phenoxy) is 1. The number of aromatic amines is 1. The lowest BCUT2D eigenvalue weighted by atomic mass is 10.0. The highest BCUT2D eigenvalue weighted by molar-refractivity contribution is 5.83. The summed E-state index contributed by atoms with van der Waals surface area (Å²) in [6.07, 6.45) is 2.28. The summed E-state index contributed by atoms with van der Waals surface area (Å²) in [6, 6.07) is 6.18. The molecule has 3 heterocycles. The van der Waals surface area contributed by atoms with Crippen LogP contribution in [0, 0.1) is 13.8 Å². The van der Waals surface area contributed by atoms with E-state index < -0.39 is 0 Å². The molecule has 166 valence electrons. The van der Waals surface area contributed by atoms with E-state index in [0.29, 0.717) is 13.1 Å². The highest BCUT2D eigenvalue weighted by atomic mass is 16.5. The first-order valence-corrected chi connectivity index (χ1v) is 11.0. The van der Waals surface area contributed by atoms with Gasteiger partial charge in [0.05, 0.1) is 23.7 Å². The minimum Gasteiger partial charge on any atom is -0.377 e. The van der Waals surface area contributed by atoms with Gasteiger partial charge >= 0.3 is 0 Å². The van der Waals surface area contributed by atoms with Crippen molar-refractivity contribution in [3.8, 4) is 0 Å². The van der Waals surface area contributed by atoms with Crippen molar-refractivity contribution >= 4 is 10.9 Å². The Balaban J connectivity index is 1.65. The number of hydrogen-bond acceptors (Lipinski definition) is 6. The van der Waals surface area contributed by atoms with Crippen molar-refractivity contribution in [1.82, 2.24) is 30.1 Å². The standard InChI is InChI=1S/C23H32N6O2/c1-15-8-9-17-11-18(22(30)24-21(17)16(15)2)12-28(13-19-7-6-10-31-19)14-20-25-26-27-29(20)23(3,4)5/h8-9,11,19H,6-7,10,12-14H2,1-5H3,(H,24,30)/t19-/m0/s1. The molecule has 8 heteroatoms. The van der Waals surface area contributed by atoms with E-state index in [9.17, 15) is 4.79 Å². The van der Waals surface area contributed by atoms with Crippen molar-refractivity contribution in [3.05, 3.63) is 51.1 Å². The van der Waals surface area contributed by atoms with Crippen LogP contribution in [0.1, 0.15) is 56.1 Å². The molecule has 8 nitrogen and oxygen atoms in total. The summed E-state index contributed by atoms with van der Waals surface area (Å²) in [5, 5.41) is 13.4. The molecule has 1 aromatic carbocycles. The van der Waals surface area contributed by atoms with Crippen LogP contribution in [0.3, 0.4) is 0 Å². The van der Waals surface area contributed by atoms with Gasteiger partial charge in [-0.25, -0.2) is 4.68 Å². The molecule has 0 radical (unpaired) electrons. The summed E-state index contributed by atoms with van der Waals surface area (Å²) in [6.45, 7) is 12.9. The molecule has 1 aliphatic heterocycles. The molecule has 1 atom stereocenters. The van der Waals surface area contributed by atoms with Crippen molar-refractivity contribution in [2.45, 2.75) is 72.2 Å². The van der Waals surface area contributed by atoms with Crippen molar-refractivity contribution in [2.75, 3.05) is 13.2 Å². The van der Waals surface area contributed by atoms with E-state index in [-0.39, 0.29) is 17.2 Å². The predicted molar refractivity (Wildman–Crippen MR) is 120 cm³/mol. The van der Waals surface area contributed by atoms with Gasteiger partial charge in [0, 0.05) is 25.3 Å². The zero-order valence-corrected chi connectivity index (χ0v) is 19.1. The smallest absolute Gasteiger partial charge is 0.252 e. The highest BCUT2D eigenvalue weighted by Crippen LogP contribution is 2.21. The fourth-order valence-electron chi connectivity index (χ4n) is 4.22. The molecule has 1 N–H and O–H groups in total. The van der Waals surface area contributed by atoms with Gasteiger partial charge in [-0.05, 0) is 80.5 Å². The average molecular weight is 425 g/mol. The van der Waals surface area contributed by atoms with Crippen molar-refractivity contribution < 1.29 is 4.74 Å². The number of H-pyrrole nitrogens is 1. The molecule has 4 rings (SSSR count). The molecule has 0 bridgehead atoms. The Morgan fingerprint density at radius 3 is 2.77 bits per heavy atom. The molecule has 0 unspecified atom stereocenters. The van der Waals surface area contributed by atoms with E-state index in [4.69, 9.17) is 4.74 Å². The fraction of sp³-hybridized carbons (Fsp3) is 0.565. The first-order valence-electron chi connectivity index (χ1n) is 11.0. The summed E-state index contributed by atoms with van der Waals surface area (Å²) >= 11 is 0. The molecule has 2 aromatic heterocycles. The molecular formula is C23H32N6O2. The van der Waals surface area contributed by atoms with E-state index in [1.165, 1.54) is 5.56 Å². The lowest BCUT2D eigenvalue weighted by Gasteiger charge is -2.26. The van der Waals surface area contributed by atoms with E-state index in [0.717, 1.165) is 53.8 Å². The van der Waals surface area contributed by atoms with Crippen LogP contribution in [0.4, 0.5) is 0 Å². The number of benzene rings is 1. The van der Waals surface area contributed by atoms with Crippen LogP contribution in [-0.4, -0.2) is 49.3 Å². The van der Waals surface area contributed by atoms with Gasteiger partial charge in [-0.3, -0.25) is 9.69 Å². The lowest BCUT2D eigenvalue weighted by molar-refractivity contribution is 0.0657. The summed E-state index contributed by atoms with van der Waals surface area (Å²) in [5.74, 6) is 0.786. The van der Waals surface area contributed by atoms with E-state index >= 15 is 0 Å². The maximum atomic E-state index is 12.9. The van der Waals surface area contributed by atoms with Crippen LogP contribution in [-0.2, 0) is 23.4 Å². The lowest BCUT2D eigenvalue weighted by Crippen LogP contribution is -2.35. The summed E-state index contributed by atoms with van der Waals surface area (Å²) in [7, 11) is 0. The first kappa shape index (κ1) is 21.6. The normalized spacial score (nSPS) is 17.2. The molecule has 1 fully saturated rings. The monoisotopic (exact) mass is 424 g/mol. The zero-order chi connectivity index (χ0) is 22.2. The number of rotatable bonds is 6. The van der Waals surface area contributed by atoms with Gasteiger partial charge in [0.2, 0.25) is 0 Å². The molecule has 3 aromatic rings. The third kappa shape index (κ3) is 4.70. The molecule has 0 spiro atoms. The molecular weight excluding hydrogens is 392 g/mol. The molecule has 1 aliphatic rings. The first-order chi connectivity index (χ1) is 14.7.